The fourth-order valence-electron chi connectivity index (χ4n) is 1.66. The first kappa shape index (κ1) is 13.5. The van der Waals surface area contributed by atoms with E-state index in [0.29, 0.717) is 0 Å². The van der Waals surface area contributed by atoms with E-state index in [1.165, 1.54) is 4.90 Å². The zero-order valence-electron chi connectivity index (χ0n) is 10.2. The number of ether oxygens (including phenoxy) is 1. The Kier molecular flexibility index (Phi) is 3.75. The molecule has 0 saturated carbocycles. The molecule has 1 unspecified atom stereocenters. The second-order valence-corrected chi connectivity index (χ2v) is 5.00. The molecule has 1 atom stereocenters. The lowest BCUT2D eigenvalue weighted by Gasteiger charge is -2.27. The summed E-state index contributed by atoms with van der Waals surface area (Å²) in [6, 6.07) is -0.887. The maximum atomic E-state index is 11.8. The molecule has 0 spiro atoms. The number of aliphatic carboxylic acids is 1. The first-order valence-electron chi connectivity index (χ1n) is 5.45. The minimum atomic E-state index is -1.10. The van der Waals surface area contributed by atoms with Crippen molar-refractivity contribution >= 4 is 17.8 Å². The number of carboxylic acid groups (broad SMARTS) is 1. The van der Waals surface area contributed by atoms with Gasteiger partial charge in [0.25, 0.3) is 0 Å². The molecular formula is C11H17NO5. The highest BCUT2D eigenvalue weighted by molar-refractivity contribution is 5.93. The Balaban J connectivity index is 2.72. The molecule has 1 saturated heterocycles. The zero-order chi connectivity index (χ0) is 13.2. The number of likely N-dealkylation sites (tertiary alicyclic amines) is 1. The number of hydrogen-bond acceptors (Lipinski definition) is 4. The van der Waals surface area contributed by atoms with Crippen molar-refractivity contribution < 1.29 is 24.2 Å². The summed E-state index contributed by atoms with van der Waals surface area (Å²) < 4.78 is 5.12. The molecule has 6 heteroatoms. The van der Waals surface area contributed by atoms with Crippen LogP contribution in [-0.4, -0.2) is 46.0 Å². The van der Waals surface area contributed by atoms with Gasteiger partial charge in [0.05, 0.1) is 6.42 Å². The maximum Gasteiger partial charge on any atom is 0.410 e. The highest BCUT2D eigenvalue weighted by Gasteiger charge is 2.39. The van der Waals surface area contributed by atoms with Crippen molar-refractivity contribution in [2.24, 2.45) is 0 Å². The average Bonchev–Trinajstić information content (AvgIpc) is 2.44. The van der Waals surface area contributed by atoms with Crippen molar-refractivity contribution in [2.75, 3.05) is 6.54 Å². The lowest BCUT2D eigenvalue weighted by molar-refractivity contribution is -0.139. The van der Waals surface area contributed by atoms with Crippen molar-refractivity contribution in [3.63, 3.8) is 0 Å². The Morgan fingerprint density at radius 2 is 2.06 bits per heavy atom. The number of carboxylic acids is 1. The van der Waals surface area contributed by atoms with Gasteiger partial charge in [-0.2, -0.15) is 0 Å². The van der Waals surface area contributed by atoms with Crippen LogP contribution in [0.25, 0.3) is 0 Å². The summed E-state index contributed by atoms with van der Waals surface area (Å²) in [5.74, 6) is -1.32. The van der Waals surface area contributed by atoms with Crippen molar-refractivity contribution in [2.45, 2.75) is 45.3 Å². The van der Waals surface area contributed by atoms with Crippen LogP contribution in [0.5, 0.6) is 0 Å². The van der Waals surface area contributed by atoms with E-state index < -0.39 is 23.7 Å². The molecular weight excluding hydrogens is 226 g/mol. The first-order chi connectivity index (χ1) is 7.70. The molecule has 0 aliphatic carbocycles. The lowest BCUT2D eigenvalue weighted by atomic mass is 10.1. The number of Topliss-reactive ketones (excluding diaryl/α,β-unsaturated/α-hetero) is 1. The molecule has 96 valence electrons. The molecule has 6 nitrogen and oxygen atoms in total. The lowest BCUT2D eigenvalue weighted by Crippen LogP contribution is -2.42. The van der Waals surface area contributed by atoms with Crippen LogP contribution in [0.2, 0.25) is 0 Å². The SMILES string of the molecule is CC(C)(C)OC(=O)N1CCC(=O)C1CC(=O)O. The minimum Gasteiger partial charge on any atom is -0.481 e. The highest BCUT2D eigenvalue weighted by Crippen LogP contribution is 2.20. The molecule has 1 amide bonds. The molecule has 0 aromatic heterocycles. The van der Waals surface area contributed by atoms with Crippen molar-refractivity contribution in [1.82, 2.24) is 4.90 Å². The Bertz CT molecular complexity index is 344. The van der Waals surface area contributed by atoms with Crippen LogP contribution < -0.4 is 0 Å². The summed E-state index contributed by atoms with van der Waals surface area (Å²) in [5, 5.41) is 8.69. The van der Waals surface area contributed by atoms with Crippen molar-refractivity contribution in [3.05, 3.63) is 0 Å². The molecule has 1 aliphatic rings. The standard InChI is InChI=1S/C11H17NO5/c1-11(2,3)17-10(16)12-5-4-8(13)7(12)6-9(14)15/h7H,4-6H2,1-3H3,(H,14,15). The first-order valence-corrected chi connectivity index (χ1v) is 5.45. The third kappa shape index (κ3) is 3.72. The molecule has 0 aromatic carbocycles. The van der Waals surface area contributed by atoms with Gasteiger partial charge in [0.1, 0.15) is 11.6 Å². The fourth-order valence-corrected chi connectivity index (χ4v) is 1.66. The number of carbonyl (C=O) groups is 3. The molecule has 1 aliphatic heterocycles. The number of ketones is 1. The normalized spacial score (nSPS) is 20.5. The third-order valence-corrected chi connectivity index (χ3v) is 2.34. The van der Waals surface area contributed by atoms with E-state index in [2.05, 4.69) is 0 Å². The smallest absolute Gasteiger partial charge is 0.410 e. The number of carbonyl (C=O) groups excluding carboxylic acids is 2. The number of rotatable bonds is 2. The van der Waals surface area contributed by atoms with E-state index >= 15 is 0 Å². The third-order valence-electron chi connectivity index (χ3n) is 2.34. The predicted molar refractivity (Wildman–Crippen MR) is 58.6 cm³/mol. The van der Waals surface area contributed by atoms with Crippen molar-refractivity contribution in [1.29, 1.82) is 0 Å². The molecule has 0 bridgehead atoms. The quantitative estimate of drug-likeness (QED) is 0.783. The molecule has 0 aromatic rings. The Labute approximate surface area is 99.5 Å². The van der Waals surface area contributed by atoms with Crippen LogP contribution in [0.4, 0.5) is 4.79 Å². The molecule has 1 N–H and O–H groups in total. The predicted octanol–water partition coefficient (Wildman–Crippen LogP) is 1.04. The summed E-state index contributed by atoms with van der Waals surface area (Å²) in [6.07, 6.45) is -0.801. The van der Waals surface area contributed by atoms with Gasteiger partial charge in [0, 0.05) is 13.0 Å². The van der Waals surface area contributed by atoms with Crippen LogP contribution in [0, 0.1) is 0 Å². The highest BCUT2D eigenvalue weighted by atomic mass is 16.6. The Morgan fingerprint density at radius 1 is 1.47 bits per heavy atom. The van der Waals surface area contributed by atoms with Crippen LogP contribution in [0.3, 0.4) is 0 Å². The van der Waals surface area contributed by atoms with Crippen LogP contribution >= 0.6 is 0 Å². The topological polar surface area (TPSA) is 83.9 Å². The average molecular weight is 243 g/mol. The maximum absolute atomic E-state index is 11.8. The van der Waals surface area contributed by atoms with Crippen LogP contribution in [-0.2, 0) is 14.3 Å². The van der Waals surface area contributed by atoms with E-state index in [9.17, 15) is 14.4 Å². The molecule has 1 fully saturated rings. The van der Waals surface area contributed by atoms with Crippen LogP contribution in [0.15, 0.2) is 0 Å². The summed E-state index contributed by atoms with van der Waals surface area (Å²) in [6.45, 7) is 5.38. The second-order valence-electron chi connectivity index (χ2n) is 5.00. The number of hydrogen-bond donors (Lipinski definition) is 1. The van der Waals surface area contributed by atoms with E-state index in [4.69, 9.17) is 9.84 Å². The second kappa shape index (κ2) is 4.73. The molecule has 17 heavy (non-hydrogen) atoms. The van der Waals surface area contributed by atoms with Crippen molar-refractivity contribution in [3.8, 4) is 0 Å². The number of nitrogens with zero attached hydrogens (tertiary/aromatic N) is 1. The van der Waals surface area contributed by atoms with Gasteiger partial charge >= 0.3 is 12.1 Å². The van der Waals surface area contributed by atoms with Gasteiger partial charge in [-0.25, -0.2) is 4.79 Å². The van der Waals surface area contributed by atoms with Gasteiger partial charge in [-0.05, 0) is 20.8 Å². The van der Waals surface area contributed by atoms with E-state index in [0.717, 1.165) is 0 Å². The summed E-state index contributed by atoms with van der Waals surface area (Å²) in [5.41, 5.74) is -0.656. The molecule has 1 rings (SSSR count). The number of amides is 1. The summed E-state index contributed by atoms with van der Waals surface area (Å²) in [4.78, 5) is 35.1. The van der Waals surface area contributed by atoms with Gasteiger partial charge in [0.15, 0.2) is 5.78 Å². The van der Waals surface area contributed by atoms with Gasteiger partial charge in [-0.3, -0.25) is 14.5 Å². The molecule has 0 radical (unpaired) electrons. The van der Waals surface area contributed by atoms with E-state index in [1.54, 1.807) is 20.8 Å². The fraction of sp³-hybridized carbons (Fsp3) is 0.727. The van der Waals surface area contributed by atoms with Gasteiger partial charge in [-0.1, -0.05) is 0 Å². The summed E-state index contributed by atoms with van der Waals surface area (Å²) >= 11 is 0. The largest absolute Gasteiger partial charge is 0.481 e. The van der Waals surface area contributed by atoms with Gasteiger partial charge in [0.2, 0.25) is 0 Å². The van der Waals surface area contributed by atoms with Gasteiger partial charge in [-0.15, -0.1) is 0 Å². The van der Waals surface area contributed by atoms with Gasteiger partial charge < -0.3 is 9.84 Å². The summed E-state index contributed by atoms with van der Waals surface area (Å²) in [7, 11) is 0. The van der Waals surface area contributed by atoms with E-state index in [1.807, 2.05) is 0 Å². The van der Waals surface area contributed by atoms with Crippen LogP contribution in [0.1, 0.15) is 33.6 Å². The molecule has 1 heterocycles. The minimum absolute atomic E-state index is 0.192. The van der Waals surface area contributed by atoms with E-state index in [-0.39, 0.29) is 25.2 Å². The Hall–Kier alpha value is -1.59. The zero-order valence-corrected chi connectivity index (χ0v) is 10.2. The monoisotopic (exact) mass is 243 g/mol. The Morgan fingerprint density at radius 3 is 2.53 bits per heavy atom.